The summed E-state index contributed by atoms with van der Waals surface area (Å²) in [6.45, 7) is 4.29. The van der Waals surface area contributed by atoms with E-state index in [2.05, 4.69) is 24.5 Å². The Balaban J connectivity index is 0.00000120. The fourth-order valence-corrected chi connectivity index (χ4v) is 3.42. The Labute approximate surface area is 123 Å². The van der Waals surface area contributed by atoms with Crippen LogP contribution in [-0.4, -0.2) is 5.84 Å². The van der Waals surface area contributed by atoms with Gasteiger partial charge in [0.1, 0.15) is 11.9 Å². The highest BCUT2D eigenvalue weighted by molar-refractivity contribution is 7.10. The first-order valence-corrected chi connectivity index (χ1v) is 7.17. The number of halogens is 2. The lowest BCUT2D eigenvalue weighted by Gasteiger charge is -2.19. The molecule has 0 saturated heterocycles. The summed E-state index contributed by atoms with van der Waals surface area (Å²) < 4.78 is 0. The van der Waals surface area contributed by atoms with Crippen molar-refractivity contribution in [1.82, 2.24) is 5.32 Å². The predicted octanol–water partition coefficient (Wildman–Crippen LogP) is 4.32. The molecule has 2 aliphatic rings. The summed E-state index contributed by atoms with van der Waals surface area (Å²) in [4.78, 5) is 6.07. The maximum Gasteiger partial charge on any atom is 0.123 e. The summed E-state index contributed by atoms with van der Waals surface area (Å²) >= 11 is 8.05. The van der Waals surface area contributed by atoms with Gasteiger partial charge >= 0.3 is 0 Å². The zero-order valence-corrected chi connectivity index (χ0v) is 12.8. The number of nitrogens with one attached hydrogen (secondary N) is 1. The first-order valence-electron chi connectivity index (χ1n) is 5.91. The summed E-state index contributed by atoms with van der Waals surface area (Å²) in [5.41, 5.74) is 2.66. The highest BCUT2D eigenvalue weighted by Gasteiger charge is 2.31. The normalized spacial score (nSPS) is 22.7. The number of aliphatic imine (C=N–C) groups is 1. The summed E-state index contributed by atoms with van der Waals surface area (Å²) in [6.07, 6.45) is 4.42. The maximum atomic E-state index is 6.29. The second kappa shape index (κ2) is 5.24. The molecule has 5 heteroatoms. The fourth-order valence-electron chi connectivity index (χ4n) is 2.02. The maximum absolute atomic E-state index is 6.29. The second-order valence-corrected chi connectivity index (χ2v) is 6.12. The Bertz CT molecular complexity index is 515. The molecule has 1 fully saturated rings. The van der Waals surface area contributed by atoms with E-state index in [1.54, 1.807) is 11.3 Å². The van der Waals surface area contributed by atoms with E-state index in [0.717, 1.165) is 10.9 Å². The van der Waals surface area contributed by atoms with Crippen molar-refractivity contribution < 1.29 is 0 Å². The van der Waals surface area contributed by atoms with Gasteiger partial charge in [-0.2, -0.15) is 0 Å². The Morgan fingerprint density at radius 3 is 2.67 bits per heavy atom. The van der Waals surface area contributed by atoms with Crippen molar-refractivity contribution in [3.8, 4) is 0 Å². The van der Waals surface area contributed by atoms with Crippen LogP contribution in [0, 0.1) is 19.8 Å². The second-order valence-electron chi connectivity index (χ2n) is 4.77. The van der Waals surface area contributed by atoms with Gasteiger partial charge in [0.25, 0.3) is 0 Å². The molecule has 1 atom stereocenters. The largest absolute Gasteiger partial charge is 0.349 e. The van der Waals surface area contributed by atoms with E-state index in [-0.39, 0.29) is 18.4 Å². The first-order chi connectivity index (χ1) is 8.16. The molecule has 2 heterocycles. The highest BCUT2D eigenvalue weighted by Crippen LogP contribution is 2.40. The Morgan fingerprint density at radius 1 is 1.39 bits per heavy atom. The molecule has 0 spiro atoms. The third kappa shape index (κ3) is 2.44. The summed E-state index contributed by atoms with van der Waals surface area (Å²) in [5, 5.41) is 6.19. The van der Waals surface area contributed by atoms with Crippen LogP contribution in [0.15, 0.2) is 21.6 Å². The Morgan fingerprint density at radius 2 is 2.11 bits per heavy atom. The van der Waals surface area contributed by atoms with Gasteiger partial charge in [-0.15, -0.1) is 23.7 Å². The van der Waals surface area contributed by atoms with Gasteiger partial charge in [-0.05, 0) is 43.2 Å². The number of nitrogens with zero attached hydrogens (tertiary/aromatic N) is 1. The molecule has 98 valence electrons. The van der Waals surface area contributed by atoms with Crippen molar-refractivity contribution in [1.29, 1.82) is 0 Å². The smallest absolute Gasteiger partial charge is 0.123 e. The molecule has 0 bridgehead atoms. The van der Waals surface area contributed by atoms with Crippen molar-refractivity contribution in [3.63, 3.8) is 0 Å². The van der Waals surface area contributed by atoms with Gasteiger partial charge in [-0.25, -0.2) is 0 Å². The molecule has 1 N–H and O–H groups in total. The van der Waals surface area contributed by atoms with Crippen LogP contribution in [0.25, 0.3) is 0 Å². The third-order valence-electron chi connectivity index (χ3n) is 3.42. The average molecular weight is 303 g/mol. The van der Waals surface area contributed by atoms with Crippen LogP contribution in [-0.2, 0) is 0 Å². The number of aryl methyl sites for hydroxylation is 1. The number of thiophene rings is 1. The predicted molar refractivity (Wildman–Crippen MR) is 81.0 cm³/mol. The number of hydrogen-bond donors (Lipinski definition) is 1. The van der Waals surface area contributed by atoms with Gasteiger partial charge < -0.3 is 5.32 Å². The lowest BCUT2D eigenvalue weighted by atomic mass is 10.1. The number of amidine groups is 1. The van der Waals surface area contributed by atoms with Crippen molar-refractivity contribution >= 4 is 41.2 Å². The minimum absolute atomic E-state index is 0. The molecule has 1 aromatic rings. The van der Waals surface area contributed by atoms with E-state index in [1.165, 1.54) is 28.8 Å². The molecule has 0 radical (unpaired) electrons. The molecule has 0 amide bonds. The Hall–Kier alpha value is -0.510. The average Bonchev–Trinajstić information content (AvgIpc) is 3.10. The molecule has 2 nitrogen and oxygen atoms in total. The van der Waals surface area contributed by atoms with Gasteiger partial charge in [-0.3, -0.25) is 4.99 Å². The van der Waals surface area contributed by atoms with Crippen molar-refractivity contribution in [2.75, 3.05) is 0 Å². The topological polar surface area (TPSA) is 24.4 Å². The molecule has 1 aromatic heterocycles. The van der Waals surface area contributed by atoms with Crippen LogP contribution in [0.3, 0.4) is 0 Å². The van der Waals surface area contributed by atoms with E-state index >= 15 is 0 Å². The van der Waals surface area contributed by atoms with Crippen molar-refractivity contribution in [3.05, 3.63) is 32.6 Å². The van der Waals surface area contributed by atoms with Crippen LogP contribution >= 0.6 is 35.3 Å². The SMILES string of the molecule is Cc1csc(C2N=C(C3CC3)NC=C2Cl)c1C.Cl. The van der Waals surface area contributed by atoms with E-state index in [0.29, 0.717) is 5.92 Å². The van der Waals surface area contributed by atoms with Gasteiger partial charge in [0, 0.05) is 17.0 Å². The fraction of sp³-hybridized carbons (Fsp3) is 0.462. The molecule has 1 aliphatic carbocycles. The third-order valence-corrected chi connectivity index (χ3v) is 4.99. The molecule has 3 rings (SSSR count). The highest BCUT2D eigenvalue weighted by atomic mass is 35.5. The summed E-state index contributed by atoms with van der Waals surface area (Å²) in [6, 6.07) is 0.0206. The lowest BCUT2D eigenvalue weighted by molar-refractivity contribution is 0.839. The van der Waals surface area contributed by atoms with Gasteiger partial charge in [0.2, 0.25) is 0 Å². The molecule has 18 heavy (non-hydrogen) atoms. The van der Waals surface area contributed by atoms with Crippen LogP contribution in [0.1, 0.15) is 34.9 Å². The van der Waals surface area contributed by atoms with E-state index in [9.17, 15) is 0 Å². The molecular weight excluding hydrogens is 287 g/mol. The molecule has 0 aromatic carbocycles. The van der Waals surface area contributed by atoms with Gasteiger partial charge in [0.05, 0.1) is 5.03 Å². The molecule has 1 aliphatic heterocycles. The zero-order valence-electron chi connectivity index (χ0n) is 10.4. The van der Waals surface area contributed by atoms with E-state index in [1.807, 2.05) is 6.20 Å². The van der Waals surface area contributed by atoms with Crippen molar-refractivity contribution in [2.24, 2.45) is 10.9 Å². The lowest BCUT2D eigenvalue weighted by Crippen LogP contribution is -2.25. The number of rotatable bonds is 2. The first kappa shape index (κ1) is 13.9. The zero-order chi connectivity index (χ0) is 12.0. The van der Waals surface area contributed by atoms with Crippen molar-refractivity contribution in [2.45, 2.75) is 32.7 Å². The van der Waals surface area contributed by atoms with E-state index < -0.39 is 0 Å². The molecule has 1 saturated carbocycles. The Kier molecular flexibility index (Phi) is 4.05. The standard InChI is InChI=1S/C13H15ClN2S.ClH/c1-7-6-17-12(8(7)2)11-10(14)5-15-13(16-11)9-3-4-9;/h5-6,9,11H,3-4H2,1-2H3,(H,15,16);1H. The minimum Gasteiger partial charge on any atom is -0.349 e. The van der Waals surface area contributed by atoms with Crippen LogP contribution in [0.2, 0.25) is 0 Å². The van der Waals surface area contributed by atoms with Gasteiger partial charge in [-0.1, -0.05) is 11.6 Å². The van der Waals surface area contributed by atoms with Crippen LogP contribution in [0.5, 0.6) is 0 Å². The summed E-state index contributed by atoms with van der Waals surface area (Å²) in [7, 11) is 0. The monoisotopic (exact) mass is 302 g/mol. The quantitative estimate of drug-likeness (QED) is 0.864. The molecule has 1 unspecified atom stereocenters. The van der Waals surface area contributed by atoms with Crippen LogP contribution < -0.4 is 5.32 Å². The van der Waals surface area contributed by atoms with E-state index in [4.69, 9.17) is 16.6 Å². The van der Waals surface area contributed by atoms with Gasteiger partial charge in [0.15, 0.2) is 0 Å². The summed E-state index contributed by atoms with van der Waals surface area (Å²) in [5.74, 6) is 1.75. The minimum atomic E-state index is 0. The van der Waals surface area contributed by atoms with Crippen LogP contribution in [0.4, 0.5) is 0 Å². The molecular formula is C13H16Cl2N2S. The number of hydrogen-bond acceptors (Lipinski definition) is 3.